The third kappa shape index (κ3) is 14.9. The van der Waals surface area contributed by atoms with E-state index in [1.54, 1.807) is 32.4 Å². The summed E-state index contributed by atoms with van der Waals surface area (Å²) in [7, 11) is 6.22. The van der Waals surface area contributed by atoms with Gasteiger partial charge in [-0.05, 0) is 32.1 Å². The minimum absolute atomic E-state index is 0.0109. The molecule has 35 heavy (non-hydrogen) atoms. The first kappa shape index (κ1) is 32.0. The van der Waals surface area contributed by atoms with Crippen molar-refractivity contribution in [2.24, 2.45) is 5.92 Å². The molecule has 2 N–H and O–H groups in total. The first-order valence-corrected chi connectivity index (χ1v) is 16.5. The van der Waals surface area contributed by atoms with E-state index in [4.69, 9.17) is 9.47 Å². The van der Waals surface area contributed by atoms with Crippen molar-refractivity contribution in [2.75, 3.05) is 42.8 Å². The first-order chi connectivity index (χ1) is 16.7. The quantitative estimate of drug-likeness (QED) is 0.128. The molecule has 0 aromatic rings. The van der Waals surface area contributed by atoms with Crippen LogP contribution < -0.4 is 10.6 Å². The Labute approximate surface area is 223 Å². The van der Waals surface area contributed by atoms with Crippen molar-refractivity contribution in [1.29, 1.82) is 0 Å². The fraction of sp³-hybridized carbons (Fsp3) is 0.773. The van der Waals surface area contributed by atoms with Crippen molar-refractivity contribution in [3.05, 3.63) is 0 Å². The number of carbonyl (C=O) groups excluding carboxylic acids is 5. The van der Waals surface area contributed by atoms with Gasteiger partial charge in [0.2, 0.25) is 11.8 Å². The van der Waals surface area contributed by atoms with Crippen LogP contribution >= 0.6 is 43.2 Å². The lowest BCUT2D eigenvalue weighted by Crippen LogP contribution is -2.44. The zero-order chi connectivity index (χ0) is 26.1. The van der Waals surface area contributed by atoms with E-state index < -0.39 is 5.54 Å². The van der Waals surface area contributed by atoms with Crippen LogP contribution in [0.2, 0.25) is 0 Å². The monoisotopic (exact) mass is 568 g/mol. The molecule has 0 aromatic carbocycles. The summed E-state index contributed by atoms with van der Waals surface area (Å²) in [6.07, 6.45) is 2.90. The highest BCUT2D eigenvalue weighted by Crippen LogP contribution is 2.47. The number of esters is 2. The average molecular weight is 569 g/mol. The Morgan fingerprint density at radius 3 is 1.83 bits per heavy atom. The van der Waals surface area contributed by atoms with Crippen LogP contribution in [0.25, 0.3) is 0 Å². The molecule has 1 fully saturated rings. The molecule has 2 amide bonds. The van der Waals surface area contributed by atoms with Crippen molar-refractivity contribution in [3.8, 4) is 0 Å². The van der Waals surface area contributed by atoms with Crippen LogP contribution in [-0.2, 0) is 33.4 Å². The minimum Gasteiger partial charge on any atom is -0.465 e. The van der Waals surface area contributed by atoms with Gasteiger partial charge in [0, 0.05) is 56.2 Å². The van der Waals surface area contributed by atoms with Crippen LogP contribution in [-0.4, -0.2) is 77.8 Å². The molecule has 0 heterocycles. The van der Waals surface area contributed by atoms with Gasteiger partial charge in [-0.25, -0.2) is 0 Å². The highest BCUT2D eigenvalue weighted by Gasteiger charge is 2.58. The molecule has 1 aliphatic carbocycles. The SMILES string of the molecule is CC(=O)OCCSSCCC(=O)NCCCC1CC1(NC(=O)CCSSCCOC(C)=O)C(C)=O. The number of hydrogen-bond acceptors (Lipinski definition) is 11. The molecule has 2 atom stereocenters. The zero-order valence-electron chi connectivity index (χ0n) is 20.6. The standard InChI is InChI=1S/C22H36N2O7S4/c1-16(25)22(24-21(29)7-12-33-35-14-10-31-18(3)27)15-19(22)5-4-8-23-20(28)6-11-32-34-13-9-30-17(2)26/h19H,4-15H2,1-3H3,(H,23,28)(H,24,29). The molecule has 0 aliphatic heterocycles. The summed E-state index contributed by atoms with van der Waals surface area (Å²) in [5.41, 5.74) is -0.756. The van der Waals surface area contributed by atoms with E-state index >= 15 is 0 Å². The maximum atomic E-state index is 12.3. The van der Waals surface area contributed by atoms with Gasteiger partial charge in [-0.15, -0.1) is 0 Å². The Morgan fingerprint density at radius 1 is 0.800 bits per heavy atom. The highest BCUT2D eigenvalue weighted by atomic mass is 33.1. The Hall–Kier alpha value is -1.05. The second-order valence-corrected chi connectivity index (χ2v) is 13.3. The van der Waals surface area contributed by atoms with Crippen molar-refractivity contribution < 1.29 is 33.4 Å². The molecule has 9 nitrogen and oxygen atoms in total. The minimum atomic E-state index is -0.756. The van der Waals surface area contributed by atoms with Crippen molar-refractivity contribution >= 4 is 72.7 Å². The summed E-state index contributed by atoms with van der Waals surface area (Å²) in [5, 5.41) is 5.84. The largest absolute Gasteiger partial charge is 0.465 e. The Bertz CT molecular complexity index is 726. The predicted octanol–water partition coefficient (Wildman–Crippen LogP) is 3.02. The molecule has 200 valence electrons. The van der Waals surface area contributed by atoms with E-state index in [1.165, 1.54) is 31.6 Å². The normalized spacial score (nSPS) is 18.4. The molecule has 2 unspecified atom stereocenters. The molecule has 1 saturated carbocycles. The number of Topliss-reactive ketones (excluding diaryl/α,β-unsaturated/α-hetero) is 1. The number of hydrogen-bond donors (Lipinski definition) is 2. The molecular formula is C22H36N2O7S4. The van der Waals surface area contributed by atoms with E-state index in [1.807, 2.05) is 0 Å². The molecule has 1 aliphatic rings. The number of rotatable bonds is 20. The Morgan fingerprint density at radius 2 is 1.31 bits per heavy atom. The second kappa shape index (κ2) is 18.2. The van der Waals surface area contributed by atoms with Crippen LogP contribution in [0.1, 0.15) is 52.9 Å². The predicted molar refractivity (Wildman–Crippen MR) is 144 cm³/mol. The summed E-state index contributed by atoms with van der Waals surface area (Å²) in [5.74, 6) is 2.01. The van der Waals surface area contributed by atoms with Gasteiger partial charge in [0.25, 0.3) is 0 Å². The molecule has 0 saturated heterocycles. The lowest BCUT2D eigenvalue weighted by atomic mass is 10.1. The van der Waals surface area contributed by atoms with Gasteiger partial charge in [0.15, 0.2) is 5.78 Å². The van der Waals surface area contributed by atoms with E-state index in [-0.39, 0.29) is 35.5 Å². The topological polar surface area (TPSA) is 128 Å². The third-order valence-electron chi connectivity index (χ3n) is 5.08. The number of nitrogens with one attached hydrogen (secondary N) is 2. The van der Waals surface area contributed by atoms with Crippen LogP contribution in [0.5, 0.6) is 0 Å². The third-order valence-corrected chi connectivity index (χ3v) is 9.82. The van der Waals surface area contributed by atoms with Gasteiger partial charge in [-0.3, -0.25) is 24.0 Å². The van der Waals surface area contributed by atoms with E-state index in [2.05, 4.69) is 10.6 Å². The molecule has 0 bridgehead atoms. The van der Waals surface area contributed by atoms with E-state index in [0.717, 1.165) is 12.8 Å². The smallest absolute Gasteiger partial charge is 0.302 e. The van der Waals surface area contributed by atoms with Crippen LogP contribution in [0.15, 0.2) is 0 Å². The molecular weight excluding hydrogens is 533 g/mol. The maximum Gasteiger partial charge on any atom is 0.302 e. The van der Waals surface area contributed by atoms with E-state index in [0.29, 0.717) is 62.0 Å². The zero-order valence-corrected chi connectivity index (χ0v) is 23.8. The Balaban J connectivity index is 2.11. The average Bonchev–Trinajstić information content (AvgIpc) is 3.48. The fourth-order valence-corrected chi connectivity index (χ4v) is 6.90. The van der Waals surface area contributed by atoms with Crippen molar-refractivity contribution in [3.63, 3.8) is 0 Å². The van der Waals surface area contributed by atoms with Gasteiger partial charge in [0.1, 0.15) is 18.8 Å². The molecule has 0 spiro atoms. The molecule has 1 rings (SSSR count). The lowest BCUT2D eigenvalue weighted by molar-refractivity contribution is -0.141. The molecule has 13 heteroatoms. The number of amides is 2. The van der Waals surface area contributed by atoms with Crippen LogP contribution in [0, 0.1) is 5.92 Å². The van der Waals surface area contributed by atoms with Crippen molar-refractivity contribution in [2.45, 2.75) is 58.4 Å². The summed E-state index contributed by atoms with van der Waals surface area (Å²) in [6.45, 7) is 5.54. The number of carbonyl (C=O) groups is 5. The van der Waals surface area contributed by atoms with Gasteiger partial charge < -0.3 is 20.1 Å². The summed E-state index contributed by atoms with van der Waals surface area (Å²) >= 11 is 0. The van der Waals surface area contributed by atoms with Gasteiger partial charge in [-0.1, -0.05) is 43.2 Å². The van der Waals surface area contributed by atoms with Crippen LogP contribution in [0.3, 0.4) is 0 Å². The van der Waals surface area contributed by atoms with Gasteiger partial charge in [-0.2, -0.15) is 0 Å². The Kier molecular flexibility index (Phi) is 16.7. The van der Waals surface area contributed by atoms with Crippen LogP contribution in [0.4, 0.5) is 0 Å². The highest BCUT2D eigenvalue weighted by molar-refractivity contribution is 8.77. The van der Waals surface area contributed by atoms with Crippen molar-refractivity contribution in [1.82, 2.24) is 10.6 Å². The second-order valence-electron chi connectivity index (χ2n) is 7.94. The fourth-order valence-electron chi connectivity index (χ4n) is 3.27. The van der Waals surface area contributed by atoms with Gasteiger partial charge >= 0.3 is 11.9 Å². The maximum absolute atomic E-state index is 12.3. The number of ketones is 1. The molecule has 0 aromatic heterocycles. The summed E-state index contributed by atoms with van der Waals surface area (Å²) in [6, 6.07) is 0. The van der Waals surface area contributed by atoms with Gasteiger partial charge in [0.05, 0.1) is 0 Å². The number of ether oxygens (including phenoxy) is 2. The summed E-state index contributed by atoms with van der Waals surface area (Å²) in [4.78, 5) is 57.8. The molecule has 0 radical (unpaired) electrons. The first-order valence-electron chi connectivity index (χ1n) is 11.5. The summed E-state index contributed by atoms with van der Waals surface area (Å²) < 4.78 is 9.69. The lowest BCUT2D eigenvalue weighted by Gasteiger charge is -2.16. The van der Waals surface area contributed by atoms with E-state index in [9.17, 15) is 24.0 Å².